The number of H-pyrrole nitrogens is 1. The summed E-state index contributed by atoms with van der Waals surface area (Å²) in [7, 11) is 2.00. The van der Waals surface area contributed by atoms with Gasteiger partial charge < -0.3 is 20.0 Å². The molecule has 3 heterocycles. The van der Waals surface area contributed by atoms with Crippen molar-refractivity contribution in [2.24, 2.45) is 13.0 Å². The smallest absolute Gasteiger partial charge is 0.327 e. The monoisotopic (exact) mass is 584 g/mol. The minimum absolute atomic E-state index is 0.0223. The van der Waals surface area contributed by atoms with Crippen LogP contribution >= 0.6 is 11.6 Å². The molecule has 0 saturated heterocycles. The first kappa shape index (κ1) is 27.9. The third kappa shape index (κ3) is 5.36. The fourth-order valence-electron chi connectivity index (χ4n) is 6.30. The quantitative estimate of drug-likeness (QED) is 0.206. The number of carboxylic acid groups (broad SMARTS) is 1. The van der Waals surface area contributed by atoms with E-state index >= 15 is 0 Å². The molecule has 216 valence electrons. The second kappa shape index (κ2) is 11.6. The van der Waals surface area contributed by atoms with E-state index < -0.39 is 5.97 Å². The third-order valence-corrected chi connectivity index (χ3v) is 8.59. The summed E-state index contributed by atoms with van der Waals surface area (Å²) in [4.78, 5) is 41.7. The van der Waals surface area contributed by atoms with Crippen molar-refractivity contribution in [1.29, 1.82) is 0 Å². The maximum atomic E-state index is 13.6. The normalized spacial score (nSPS) is 17.6. The number of imidazole rings is 1. The van der Waals surface area contributed by atoms with Gasteiger partial charge in [-0.15, -0.1) is 0 Å². The number of hydrogen-bond donors (Lipinski definition) is 3. The van der Waals surface area contributed by atoms with E-state index in [-0.39, 0.29) is 17.9 Å². The number of carbonyl (C=O) groups excluding carboxylic acids is 1. The number of aliphatic carboxylic acids is 1. The van der Waals surface area contributed by atoms with Crippen LogP contribution in [0.3, 0.4) is 0 Å². The van der Waals surface area contributed by atoms with Crippen molar-refractivity contribution in [3.63, 3.8) is 0 Å². The van der Waals surface area contributed by atoms with Crippen molar-refractivity contribution >= 4 is 40.5 Å². The minimum atomic E-state index is -0.967. The Morgan fingerprint density at radius 2 is 2.00 bits per heavy atom. The van der Waals surface area contributed by atoms with E-state index in [9.17, 15) is 9.59 Å². The molecule has 9 nitrogen and oxygen atoms in total. The molecule has 1 saturated carbocycles. The van der Waals surface area contributed by atoms with Gasteiger partial charge in [0.15, 0.2) is 5.82 Å². The van der Waals surface area contributed by atoms with Crippen molar-refractivity contribution in [2.45, 2.75) is 57.4 Å². The largest absolute Gasteiger partial charge is 0.478 e. The molecule has 42 heavy (non-hydrogen) atoms. The number of nitrogens with one attached hydrogen (secondary N) is 2. The number of aryl methyl sites for hydroxylation is 1. The molecule has 0 radical (unpaired) electrons. The van der Waals surface area contributed by atoms with Crippen molar-refractivity contribution in [3.05, 3.63) is 82.2 Å². The first-order valence-corrected chi connectivity index (χ1v) is 14.8. The molecule has 0 spiro atoms. The molecule has 4 aromatic rings. The van der Waals surface area contributed by atoms with Gasteiger partial charge in [-0.25, -0.2) is 19.7 Å². The van der Waals surface area contributed by atoms with E-state index in [0.717, 1.165) is 46.9 Å². The molecule has 2 aliphatic rings. The first-order valence-electron chi connectivity index (χ1n) is 14.4. The highest BCUT2D eigenvalue weighted by molar-refractivity contribution is 6.30. The topological polar surface area (TPSA) is 126 Å². The van der Waals surface area contributed by atoms with Crippen molar-refractivity contribution in [2.75, 3.05) is 0 Å². The van der Waals surface area contributed by atoms with Gasteiger partial charge in [-0.3, -0.25) is 4.79 Å². The Kier molecular flexibility index (Phi) is 7.68. The van der Waals surface area contributed by atoms with Gasteiger partial charge in [-0.1, -0.05) is 49.6 Å². The zero-order chi connectivity index (χ0) is 29.4. The van der Waals surface area contributed by atoms with Crippen LogP contribution in [0, 0.1) is 5.92 Å². The molecule has 1 fully saturated rings. The molecule has 2 aliphatic carbocycles. The zero-order valence-corrected chi connectivity index (χ0v) is 24.4. The number of fused-ring (bicyclic) bond motifs is 2. The Hall–Kier alpha value is -4.24. The van der Waals surface area contributed by atoms with Crippen LogP contribution in [0.2, 0.25) is 5.02 Å². The number of carboxylic acids is 1. The van der Waals surface area contributed by atoms with Gasteiger partial charge in [0.2, 0.25) is 0 Å². The van der Waals surface area contributed by atoms with Crippen LogP contribution in [-0.2, 0) is 18.3 Å². The lowest BCUT2D eigenvalue weighted by Gasteiger charge is -2.15. The second-order valence-corrected chi connectivity index (χ2v) is 11.5. The summed E-state index contributed by atoms with van der Waals surface area (Å²) < 4.78 is 2.10. The average Bonchev–Trinajstić information content (AvgIpc) is 3.73. The number of aromatic amines is 1. The molecular formula is C32H33ClN6O3. The lowest BCUT2D eigenvalue weighted by atomic mass is 9.93. The summed E-state index contributed by atoms with van der Waals surface area (Å²) >= 11 is 6.09. The summed E-state index contributed by atoms with van der Waals surface area (Å²) in [5, 5.41) is 13.7. The van der Waals surface area contributed by atoms with Gasteiger partial charge in [0.05, 0.1) is 22.5 Å². The van der Waals surface area contributed by atoms with Crippen LogP contribution in [0.1, 0.15) is 84.1 Å². The van der Waals surface area contributed by atoms with E-state index in [2.05, 4.69) is 30.9 Å². The standard InChI is InChI=1S/C32H33ClN6O3/c1-3-23(30-36-24-12-8-18(9-13-27(40)41)14-25(24)37-30)38-32(42)20-10-11-22-26(15-20)39(2)29(28(22)19-6-4-5-7-19)31-34-16-21(33)17-35-31/h8-13,15-19,23H,3-7,14H2,1-2H3,(H,36,37)(H,38,42)(H,40,41)/b13-9+. The maximum absolute atomic E-state index is 13.6. The predicted octanol–water partition coefficient (Wildman–Crippen LogP) is 6.38. The van der Waals surface area contributed by atoms with E-state index in [0.29, 0.717) is 41.0 Å². The number of aromatic nitrogens is 5. The minimum Gasteiger partial charge on any atom is -0.478 e. The third-order valence-electron chi connectivity index (χ3n) is 8.40. The van der Waals surface area contributed by atoms with Crippen molar-refractivity contribution in [1.82, 2.24) is 29.8 Å². The average molecular weight is 585 g/mol. The molecule has 10 heteroatoms. The predicted molar refractivity (Wildman–Crippen MR) is 162 cm³/mol. The molecule has 0 aliphatic heterocycles. The Morgan fingerprint density at radius 3 is 2.71 bits per heavy atom. The summed E-state index contributed by atoms with van der Waals surface area (Å²) in [6.07, 6.45) is 15.9. The Balaban J connectivity index is 1.28. The summed E-state index contributed by atoms with van der Waals surface area (Å²) in [6, 6.07) is 5.59. The van der Waals surface area contributed by atoms with E-state index in [1.165, 1.54) is 18.4 Å². The summed E-state index contributed by atoms with van der Waals surface area (Å²) in [6.45, 7) is 2.01. The van der Waals surface area contributed by atoms with Gasteiger partial charge in [0.1, 0.15) is 5.82 Å². The molecule has 3 N–H and O–H groups in total. The van der Waals surface area contributed by atoms with Crippen LogP contribution in [0.15, 0.2) is 48.8 Å². The number of rotatable bonds is 8. The molecule has 3 aromatic heterocycles. The fourth-order valence-corrected chi connectivity index (χ4v) is 6.40. The van der Waals surface area contributed by atoms with Crippen LogP contribution < -0.4 is 5.32 Å². The van der Waals surface area contributed by atoms with Gasteiger partial charge >= 0.3 is 5.97 Å². The number of nitrogens with zero attached hydrogens (tertiary/aromatic N) is 4. The highest BCUT2D eigenvalue weighted by Crippen LogP contribution is 2.44. The van der Waals surface area contributed by atoms with Crippen LogP contribution in [-0.4, -0.2) is 41.5 Å². The van der Waals surface area contributed by atoms with Crippen molar-refractivity contribution < 1.29 is 14.7 Å². The Morgan fingerprint density at radius 1 is 1.24 bits per heavy atom. The van der Waals surface area contributed by atoms with Crippen LogP contribution in [0.4, 0.5) is 0 Å². The Labute approximate surface area is 248 Å². The van der Waals surface area contributed by atoms with Gasteiger partial charge in [-0.2, -0.15) is 0 Å². The molecule has 2 atom stereocenters. The Bertz CT molecular complexity index is 1710. The van der Waals surface area contributed by atoms with Crippen LogP contribution in [0.25, 0.3) is 28.5 Å². The van der Waals surface area contributed by atoms with Gasteiger partial charge in [-0.05, 0) is 55.4 Å². The second-order valence-electron chi connectivity index (χ2n) is 11.1. The van der Waals surface area contributed by atoms with E-state index in [1.807, 2.05) is 38.3 Å². The number of carbonyl (C=O) groups is 2. The first-order chi connectivity index (χ1) is 20.3. The molecule has 1 aromatic carbocycles. The number of benzene rings is 1. The molecule has 2 unspecified atom stereocenters. The molecule has 1 amide bonds. The van der Waals surface area contributed by atoms with Gasteiger partial charge in [0, 0.05) is 53.6 Å². The zero-order valence-electron chi connectivity index (χ0n) is 23.6. The number of halogens is 1. The van der Waals surface area contributed by atoms with Crippen molar-refractivity contribution in [3.8, 4) is 11.5 Å². The summed E-state index contributed by atoms with van der Waals surface area (Å²) in [5.41, 5.74) is 5.50. The maximum Gasteiger partial charge on any atom is 0.327 e. The van der Waals surface area contributed by atoms with E-state index in [4.69, 9.17) is 21.7 Å². The number of amides is 1. The highest BCUT2D eigenvalue weighted by Gasteiger charge is 2.28. The lowest BCUT2D eigenvalue weighted by molar-refractivity contribution is -0.131. The number of hydrogen-bond acceptors (Lipinski definition) is 5. The lowest BCUT2D eigenvalue weighted by Crippen LogP contribution is -2.29. The molecule has 6 rings (SSSR count). The fraction of sp³-hybridized carbons (Fsp3) is 0.344. The van der Waals surface area contributed by atoms with E-state index in [1.54, 1.807) is 18.5 Å². The van der Waals surface area contributed by atoms with Gasteiger partial charge in [0.25, 0.3) is 5.91 Å². The summed E-state index contributed by atoms with van der Waals surface area (Å²) in [5.74, 6) is 0.578. The number of allylic oxidation sites excluding steroid dienone is 2. The SMILES string of the molecule is CCC(NC(=O)c1ccc2c(C3CCCC3)c(-c3ncc(Cl)cn3)n(C)c2c1)c1nc2c([nH]1)CC(/C=C/C(=O)O)C=C2. The van der Waals surface area contributed by atoms with Crippen LogP contribution in [0.5, 0.6) is 0 Å². The highest BCUT2D eigenvalue weighted by atomic mass is 35.5. The molecular weight excluding hydrogens is 552 g/mol. The molecule has 0 bridgehead atoms.